The van der Waals surface area contributed by atoms with E-state index in [1.807, 2.05) is 50.3 Å². The van der Waals surface area contributed by atoms with Crippen molar-refractivity contribution in [2.75, 3.05) is 5.32 Å². The van der Waals surface area contributed by atoms with Gasteiger partial charge in [-0.25, -0.2) is 4.98 Å². The molecular formula is C17H20N2O2. The minimum Gasteiger partial charge on any atom is -0.506 e. The van der Waals surface area contributed by atoms with Gasteiger partial charge < -0.3 is 15.5 Å². The first-order valence-corrected chi connectivity index (χ1v) is 6.83. The van der Waals surface area contributed by atoms with Gasteiger partial charge in [0, 0.05) is 0 Å². The number of hydrogen-bond donors (Lipinski definition) is 3. The fourth-order valence-electron chi connectivity index (χ4n) is 2.03. The number of pyridine rings is 1. The molecule has 4 heteroatoms. The molecule has 0 fully saturated rings. The third kappa shape index (κ3) is 3.61. The van der Waals surface area contributed by atoms with Crippen molar-refractivity contribution in [3.8, 4) is 5.75 Å². The number of aliphatic hydroxyl groups is 1. The smallest absolute Gasteiger partial charge is 0.145 e. The number of aromatic hydroxyl groups is 1. The number of benzene rings is 1. The van der Waals surface area contributed by atoms with Crippen LogP contribution < -0.4 is 5.32 Å². The van der Waals surface area contributed by atoms with Gasteiger partial charge >= 0.3 is 0 Å². The highest BCUT2D eigenvalue weighted by Gasteiger charge is 2.12. The average Bonchev–Trinajstić information content (AvgIpc) is 2.49. The summed E-state index contributed by atoms with van der Waals surface area (Å²) in [6.45, 7) is 5.42. The molecule has 1 aromatic carbocycles. The third-order valence-electron chi connectivity index (χ3n) is 3.45. The van der Waals surface area contributed by atoms with E-state index < -0.39 is 6.23 Å². The van der Waals surface area contributed by atoms with Gasteiger partial charge in [0.2, 0.25) is 0 Å². The minimum atomic E-state index is -0.847. The zero-order chi connectivity index (χ0) is 15.4. The third-order valence-corrected chi connectivity index (χ3v) is 3.45. The zero-order valence-electron chi connectivity index (χ0n) is 12.5. The Labute approximate surface area is 124 Å². The predicted octanol–water partition coefficient (Wildman–Crippen LogP) is 3.16. The van der Waals surface area contributed by atoms with Gasteiger partial charge in [-0.15, -0.1) is 0 Å². The first-order chi connectivity index (χ1) is 9.99. The molecule has 0 bridgehead atoms. The second kappa shape index (κ2) is 6.41. The first-order valence-electron chi connectivity index (χ1n) is 6.83. The minimum absolute atomic E-state index is 0.201. The fourth-order valence-corrected chi connectivity index (χ4v) is 2.03. The van der Waals surface area contributed by atoms with Crippen molar-refractivity contribution >= 4 is 11.9 Å². The summed E-state index contributed by atoms with van der Waals surface area (Å²) < 4.78 is 0. The molecule has 3 N–H and O–H groups in total. The van der Waals surface area contributed by atoms with Gasteiger partial charge in [0.05, 0.1) is 5.69 Å². The molecule has 0 aliphatic carbocycles. The Hall–Kier alpha value is -2.33. The number of nitrogens with one attached hydrogen (secondary N) is 1. The lowest BCUT2D eigenvalue weighted by Gasteiger charge is -2.15. The lowest BCUT2D eigenvalue weighted by atomic mass is 10.1. The highest BCUT2D eigenvalue weighted by atomic mass is 16.3. The van der Waals surface area contributed by atoms with Crippen LogP contribution >= 0.6 is 0 Å². The van der Waals surface area contributed by atoms with Crippen LogP contribution in [0.2, 0.25) is 0 Å². The number of rotatable bonds is 4. The van der Waals surface area contributed by atoms with E-state index in [1.54, 1.807) is 13.0 Å². The normalized spacial score (nSPS) is 12.6. The molecule has 110 valence electrons. The molecule has 1 aromatic heterocycles. The van der Waals surface area contributed by atoms with Crippen LogP contribution in [-0.4, -0.2) is 21.4 Å². The molecule has 0 radical (unpaired) electrons. The SMILES string of the molecule is Cc1nc(NC(O)/C=C/c2ccccc2)c(C)c(C)c1O. The largest absolute Gasteiger partial charge is 0.506 e. The van der Waals surface area contributed by atoms with Crippen molar-refractivity contribution in [2.45, 2.75) is 27.0 Å². The Bertz CT molecular complexity index is 652. The van der Waals surface area contributed by atoms with E-state index >= 15 is 0 Å². The van der Waals surface area contributed by atoms with Crippen LogP contribution in [-0.2, 0) is 0 Å². The highest BCUT2D eigenvalue weighted by Crippen LogP contribution is 2.27. The summed E-state index contributed by atoms with van der Waals surface area (Å²) in [6, 6.07) is 9.75. The van der Waals surface area contributed by atoms with Gasteiger partial charge in [-0.2, -0.15) is 0 Å². The summed E-state index contributed by atoms with van der Waals surface area (Å²) in [5.74, 6) is 0.778. The van der Waals surface area contributed by atoms with Gasteiger partial charge in [0.25, 0.3) is 0 Å². The molecule has 0 spiro atoms. The Balaban J connectivity index is 2.13. The molecule has 0 saturated carbocycles. The van der Waals surface area contributed by atoms with Gasteiger partial charge in [0.15, 0.2) is 0 Å². The van der Waals surface area contributed by atoms with Crippen LogP contribution in [0.1, 0.15) is 22.4 Å². The molecule has 2 aromatic rings. The summed E-state index contributed by atoms with van der Waals surface area (Å²) in [5, 5.41) is 22.8. The second-order valence-corrected chi connectivity index (χ2v) is 5.00. The summed E-state index contributed by atoms with van der Waals surface area (Å²) >= 11 is 0. The van der Waals surface area contributed by atoms with Crippen molar-refractivity contribution in [1.82, 2.24) is 4.98 Å². The van der Waals surface area contributed by atoms with Crippen molar-refractivity contribution < 1.29 is 10.2 Å². The number of anilines is 1. The molecule has 1 heterocycles. The molecule has 0 aliphatic heterocycles. The van der Waals surface area contributed by atoms with Crippen molar-refractivity contribution in [2.24, 2.45) is 0 Å². The Kier molecular flexibility index (Phi) is 4.60. The van der Waals surface area contributed by atoms with Gasteiger partial charge in [0.1, 0.15) is 17.8 Å². The predicted molar refractivity (Wildman–Crippen MR) is 85.2 cm³/mol. The Morgan fingerprint density at radius 3 is 2.43 bits per heavy atom. The van der Waals surface area contributed by atoms with Crippen molar-refractivity contribution in [3.63, 3.8) is 0 Å². The Morgan fingerprint density at radius 2 is 1.76 bits per heavy atom. The molecule has 1 atom stereocenters. The van der Waals surface area contributed by atoms with E-state index in [9.17, 15) is 10.2 Å². The van der Waals surface area contributed by atoms with Crippen molar-refractivity contribution in [3.05, 3.63) is 58.8 Å². The summed E-state index contributed by atoms with van der Waals surface area (Å²) in [4.78, 5) is 4.27. The Morgan fingerprint density at radius 1 is 1.10 bits per heavy atom. The van der Waals surface area contributed by atoms with Crippen LogP contribution in [0.25, 0.3) is 6.08 Å². The molecule has 1 unspecified atom stereocenters. The van der Waals surface area contributed by atoms with Gasteiger partial charge in [-0.3, -0.25) is 0 Å². The van der Waals surface area contributed by atoms with Crippen LogP contribution in [0, 0.1) is 20.8 Å². The molecular weight excluding hydrogens is 264 g/mol. The molecule has 4 nitrogen and oxygen atoms in total. The van der Waals surface area contributed by atoms with Crippen LogP contribution in [0.4, 0.5) is 5.82 Å². The number of aliphatic hydroxyl groups excluding tert-OH is 1. The standard InChI is InChI=1S/C17H20N2O2/c1-11-12(2)17(18-13(3)16(11)21)19-15(20)10-9-14-7-5-4-6-8-14/h4-10,15,20-21H,1-3H3,(H,18,19)/b10-9+. The maximum Gasteiger partial charge on any atom is 0.145 e. The monoisotopic (exact) mass is 284 g/mol. The number of aromatic nitrogens is 1. The number of hydrogen-bond acceptors (Lipinski definition) is 4. The second-order valence-electron chi connectivity index (χ2n) is 5.00. The van der Waals surface area contributed by atoms with Crippen molar-refractivity contribution in [1.29, 1.82) is 0 Å². The fraction of sp³-hybridized carbons (Fsp3) is 0.235. The molecule has 0 saturated heterocycles. The average molecular weight is 284 g/mol. The summed E-state index contributed by atoms with van der Waals surface area (Å²) in [5.41, 5.74) is 3.15. The van der Waals surface area contributed by atoms with E-state index in [0.717, 1.165) is 16.7 Å². The van der Waals surface area contributed by atoms with Gasteiger partial charge in [-0.05, 0) is 43.5 Å². The number of aryl methyl sites for hydroxylation is 1. The topological polar surface area (TPSA) is 65.4 Å². The first kappa shape index (κ1) is 15.1. The lowest BCUT2D eigenvalue weighted by molar-refractivity contribution is 0.252. The molecule has 2 rings (SSSR count). The molecule has 21 heavy (non-hydrogen) atoms. The van der Waals surface area contributed by atoms with Crippen LogP contribution in [0.5, 0.6) is 5.75 Å². The molecule has 0 amide bonds. The molecule has 0 aliphatic rings. The van der Waals surface area contributed by atoms with E-state index in [-0.39, 0.29) is 5.75 Å². The maximum atomic E-state index is 10.0. The van der Waals surface area contributed by atoms with E-state index in [0.29, 0.717) is 11.5 Å². The summed E-state index contributed by atoms with van der Waals surface area (Å²) in [6.07, 6.45) is 2.65. The van der Waals surface area contributed by atoms with Crippen LogP contribution in [0.3, 0.4) is 0 Å². The maximum absolute atomic E-state index is 10.0. The highest BCUT2D eigenvalue weighted by molar-refractivity contribution is 5.56. The van der Waals surface area contributed by atoms with Gasteiger partial charge in [-0.1, -0.05) is 36.4 Å². The zero-order valence-corrected chi connectivity index (χ0v) is 12.5. The number of nitrogens with zero attached hydrogens (tertiary/aromatic N) is 1. The van der Waals surface area contributed by atoms with E-state index in [1.165, 1.54) is 0 Å². The quantitative estimate of drug-likeness (QED) is 0.755. The van der Waals surface area contributed by atoms with E-state index in [4.69, 9.17) is 0 Å². The summed E-state index contributed by atoms with van der Waals surface area (Å²) in [7, 11) is 0. The van der Waals surface area contributed by atoms with E-state index in [2.05, 4.69) is 10.3 Å². The lowest BCUT2D eigenvalue weighted by Crippen LogP contribution is -2.18. The van der Waals surface area contributed by atoms with Crippen LogP contribution in [0.15, 0.2) is 36.4 Å².